The highest BCUT2D eigenvalue weighted by Gasteiger charge is 2.25. The second-order valence-electron chi connectivity index (χ2n) is 7.36. The summed E-state index contributed by atoms with van der Waals surface area (Å²) in [5, 5.41) is 4.61. The fourth-order valence-corrected chi connectivity index (χ4v) is 4.79. The van der Waals surface area contributed by atoms with Crippen molar-refractivity contribution in [1.29, 1.82) is 0 Å². The Morgan fingerprint density at radius 2 is 1.56 bits per heavy atom. The zero-order valence-corrected chi connectivity index (χ0v) is 18.0. The summed E-state index contributed by atoms with van der Waals surface area (Å²) >= 11 is 0. The molecular weight excluding hydrogens is 426 g/mol. The molecule has 1 aromatic heterocycles. The molecule has 0 saturated heterocycles. The average molecular weight is 448 g/mol. The van der Waals surface area contributed by atoms with E-state index < -0.39 is 10.0 Å². The van der Waals surface area contributed by atoms with Crippen molar-refractivity contribution in [2.45, 2.75) is 11.4 Å². The van der Waals surface area contributed by atoms with Crippen LogP contribution in [0.4, 0.5) is 5.69 Å². The van der Waals surface area contributed by atoms with E-state index in [4.69, 9.17) is 9.47 Å². The van der Waals surface area contributed by atoms with E-state index in [2.05, 4.69) is 9.82 Å². The van der Waals surface area contributed by atoms with Crippen LogP contribution < -0.4 is 14.2 Å². The molecule has 3 aromatic carbocycles. The summed E-state index contributed by atoms with van der Waals surface area (Å²) in [5.41, 5.74) is 2.54. The maximum absolute atomic E-state index is 13.4. The van der Waals surface area contributed by atoms with Gasteiger partial charge in [-0.25, -0.2) is 8.42 Å². The number of nitrogens with one attached hydrogen (secondary N) is 1. The minimum atomic E-state index is -3.92. The molecule has 162 valence electrons. The Bertz CT molecular complexity index is 1340. The fraction of sp³-hybridized carbons (Fsp3) is 0.125. The lowest BCUT2D eigenvalue weighted by Gasteiger charge is -2.19. The zero-order valence-electron chi connectivity index (χ0n) is 17.1. The van der Waals surface area contributed by atoms with E-state index in [0.717, 1.165) is 11.1 Å². The number of benzene rings is 3. The van der Waals surface area contributed by atoms with Crippen molar-refractivity contribution in [2.75, 3.05) is 17.9 Å². The lowest BCUT2D eigenvalue weighted by molar-refractivity contribution is 0.171. The van der Waals surface area contributed by atoms with E-state index in [9.17, 15) is 8.42 Å². The molecule has 8 heteroatoms. The van der Waals surface area contributed by atoms with Gasteiger partial charge in [-0.05, 0) is 17.7 Å². The number of nitrogens with zero attached hydrogens (tertiary/aromatic N) is 2. The first-order chi connectivity index (χ1) is 15.6. The predicted molar refractivity (Wildman–Crippen MR) is 121 cm³/mol. The molecule has 1 N–H and O–H groups in total. The molecule has 0 aliphatic carbocycles. The second-order valence-corrected chi connectivity index (χ2v) is 9.01. The van der Waals surface area contributed by atoms with Crippen LogP contribution in [0.15, 0.2) is 90.0 Å². The van der Waals surface area contributed by atoms with Crippen LogP contribution in [0, 0.1) is 0 Å². The zero-order chi connectivity index (χ0) is 22.0. The summed E-state index contributed by atoms with van der Waals surface area (Å²) in [5.74, 6) is 1.11. The minimum absolute atomic E-state index is 0.106. The first-order valence-corrected chi connectivity index (χ1v) is 11.7. The molecule has 0 atom stereocenters. The van der Waals surface area contributed by atoms with Gasteiger partial charge in [0.15, 0.2) is 11.5 Å². The molecular formula is C24H21N3O4S. The van der Waals surface area contributed by atoms with Crippen molar-refractivity contribution in [1.82, 2.24) is 9.78 Å². The number of fused-ring (bicyclic) bond motifs is 1. The predicted octanol–water partition coefficient (Wildman–Crippen LogP) is 4.17. The molecule has 1 aliphatic heterocycles. The largest absolute Gasteiger partial charge is 0.486 e. The third-order valence-electron chi connectivity index (χ3n) is 5.05. The molecule has 7 nitrogen and oxygen atoms in total. The Labute approximate surface area is 186 Å². The van der Waals surface area contributed by atoms with Crippen molar-refractivity contribution in [3.8, 4) is 22.8 Å². The number of sulfonamides is 1. The number of rotatable bonds is 6. The Morgan fingerprint density at radius 3 is 2.31 bits per heavy atom. The van der Waals surface area contributed by atoms with Gasteiger partial charge in [0.1, 0.15) is 23.8 Å². The minimum Gasteiger partial charge on any atom is -0.486 e. The van der Waals surface area contributed by atoms with Gasteiger partial charge in [-0.3, -0.25) is 9.40 Å². The molecule has 0 fully saturated rings. The molecule has 4 aromatic rings. The third kappa shape index (κ3) is 4.17. The third-order valence-corrected chi connectivity index (χ3v) is 6.43. The number of hydrogen-bond donors (Lipinski definition) is 1. The summed E-state index contributed by atoms with van der Waals surface area (Å²) in [7, 11) is -3.92. The molecule has 32 heavy (non-hydrogen) atoms. The standard InChI is InChI=1S/C24H21N3O4S/c28-32(29,26-20-11-12-21-22(15-20)31-14-13-30-21)23-17-27(16-18-7-3-1-4-8-18)25-24(23)19-9-5-2-6-10-19/h1-12,15,17,26H,13-14,16H2. The quantitative estimate of drug-likeness (QED) is 0.480. The van der Waals surface area contributed by atoms with Gasteiger partial charge in [-0.2, -0.15) is 5.10 Å². The number of aromatic nitrogens is 2. The van der Waals surface area contributed by atoms with Gasteiger partial charge in [0, 0.05) is 17.8 Å². The highest BCUT2D eigenvalue weighted by molar-refractivity contribution is 7.92. The molecule has 0 radical (unpaired) electrons. The van der Waals surface area contributed by atoms with Gasteiger partial charge in [0.05, 0.1) is 12.2 Å². The van der Waals surface area contributed by atoms with Crippen LogP contribution in [0.3, 0.4) is 0 Å². The highest BCUT2D eigenvalue weighted by atomic mass is 32.2. The van der Waals surface area contributed by atoms with Crippen LogP contribution in [0.25, 0.3) is 11.3 Å². The van der Waals surface area contributed by atoms with Crippen LogP contribution in [-0.4, -0.2) is 31.4 Å². The fourth-order valence-electron chi connectivity index (χ4n) is 3.56. The van der Waals surface area contributed by atoms with E-state index in [1.807, 2.05) is 60.7 Å². The van der Waals surface area contributed by atoms with E-state index in [1.165, 1.54) is 0 Å². The summed E-state index contributed by atoms with van der Waals surface area (Å²) in [6.07, 6.45) is 1.57. The number of hydrogen-bond acceptors (Lipinski definition) is 5. The van der Waals surface area contributed by atoms with Gasteiger partial charge < -0.3 is 9.47 Å². The molecule has 2 heterocycles. The van der Waals surface area contributed by atoms with E-state index in [-0.39, 0.29) is 4.90 Å². The lowest BCUT2D eigenvalue weighted by Crippen LogP contribution is -2.17. The first kappa shape index (κ1) is 20.1. The number of anilines is 1. The maximum atomic E-state index is 13.4. The van der Waals surface area contributed by atoms with Crippen molar-refractivity contribution in [3.63, 3.8) is 0 Å². The molecule has 0 amide bonds. The van der Waals surface area contributed by atoms with E-state index in [0.29, 0.717) is 42.6 Å². The summed E-state index contributed by atoms with van der Waals surface area (Å²) < 4.78 is 42.2. The Morgan fingerprint density at radius 1 is 0.875 bits per heavy atom. The monoisotopic (exact) mass is 447 g/mol. The Balaban J connectivity index is 1.51. The SMILES string of the molecule is O=S(=O)(Nc1ccc2c(c1)OCCO2)c1cn(Cc2ccccc2)nc1-c1ccccc1. The van der Waals surface area contributed by atoms with Crippen molar-refractivity contribution in [3.05, 3.63) is 90.6 Å². The van der Waals surface area contributed by atoms with Gasteiger partial charge in [-0.1, -0.05) is 60.7 Å². The maximum Gasteiger partial charge on any atom is 0.265 e. The normalized spacial score (nSPS) is 13.0. The highest BCUT2D eigenvalue weighted by Crippen LogP contribution is 2.34. The van der Waals surface area contributed by atoms with E-state index >= 15 is 0 Å². The second kappa shape index (κ2) is 8.39. The van der Waals surface area contributed by atoms with Gasteiger partial charge in [0.25, 0.3) is 10.0 Å². The van der Waals surface area contributed by atoms with Crippen LogP contribution in [0.2, 0.25) is 0 Å². The van der Waals surface area contributed by atoms with E-state index in [1.54, 1.807) is 29.1 Å². The van der Waals surface area contributed by atoms with Crippen molar-refractivity contribution < 1.29 is 17.9 Å². The topological polar surface area (TPSA) is 82.5 Å². The summed E-state index contributed by atoms with van der Waals surface area (Å²) in [4.78, 5) is 0.106. The molecule has 5 rings (SSSR count). The molecule has 0 spiro atoms. The van der Waals surface area contributed by atoms with Gasteiger partial charge >= 0.3 is 0 Å². The smallest absolute Gasteiger partial charge is 0.265 e. The first-order valence-electron chi connectivity index (χ1n) is 10.2. The van der Waals surface area contributed by atoms with Crippen LogP contribution in [0.1, 0.15) is 5.56 Å². The van der Waals surface area contributed by atoms with Gasteiger partial charge in [-0.15, -0.1) is 0 Å². The lowest BCUT2D eigenvalue weighted by atomic mass is 10.2. The molecule has 0 bridgehead atoms. The summed E-state index contributed by atoms with van der Waals surface area (Å²) in [6, 6.07) is 24.0. The molecule has 1 aliphatic rings. The van der Waals surface area contributed by atoms with Crippen molar-refractivity contribution >= 4 is 15.7 Å². The van der Waals surface area contributed by atoms with Crippen LogP contribution >= 0.6 is 0 Å². The summed E-state index contributed by atoms with van der Waals surface area (Å²) in [6.45, 7) is 1.35. The van der Waals surface area contributed by atoms with Crippen molar-refractivity contribution in [2.24, 2.45) is 0 Å². The van der Waals surface area contributed by atoms with Gasteiger partial charge in [0.2, 0.25) is 0 Å². The number of ether oxygens (including phenoxy) is 2. The Kier molecular flexibility index (Phi) is 5.28. The average Bonchev–Trinajstić information content (AvgIpc) is 3.25. The van der Waals surface area contributed by atoms with Crippen LogP contribution in [0.5, 0.6) is 11.5 Å². The molecule has 0 saturated carbocycles. The van der Waals surface area contributed by atoms with Crippen LogP contribution in [-0.2, 0) is 16.6 Å². The Hall–Kier alpha value is -3.78. The molecule has 0 unspecified atom stereocenters.